The first-order chi connectivity index (χ1) is 14.1. The first-order valence-corrected chi connectivity index (χ1v) is 9.63. The Bertz CT molecular complexity index is 898. The third-order valence-electron chi connectivity index (χ3n) is 4.29. The molecule has 2 aromatic carbocycles. The summed E-state index contributed by atoms with van der Waals surface area (Å²) in [7, 11) is 0. The molecule has 0 aliphatic heterocycles. The molecule has 1 atom stereocenters. The lowest BCUT2D eigenvalue weighted by atomic mass is 10.2. The zero-order valence-corrected chi connectivity index (χ0v) is 16.5. The van der Waals surface area contributed by atoms with Gasteiger partial charge in [-0.05, 0) is 25.5 Å². The summed E-state index contributed by atoms with van der Waals surface area (Å²) < 4.78 is 6.71. The molecule has 0 radical (unpaired) electrons. The van der Waals surface area contributed by atoms with Crippen molar-refractivity contribution in [1.82, 2.24) is 20.1 Å². The van der Waals surface area contributed by atoms with Crippen molar-refractivity contribution in [3.8, 4) is 17.1 Å². The summed E-state index contributed by atoms with van der Waals surface area (Å²) in [6.07, 6.45) is 1.83. The molecular formula is C22H24N4O3. The Kier molecular flexibility index (Phi) is 6.73. The van der Waals surface area contributed by atoms with E-state index in [4.69, 9.17) is 4.74 Å². The fourth-order valence-electron chi connectivity index (χ4n) is 2.94. The predicted octanol–water partition coefficient (Wildman–Crippen LogP) is 3.40. The van der Waals surface area contributed by atoms with Crippen molar-refractivity contribution in [2.75, 3.05) is 6.61 Å². The Hall–Kier alpha value is -3.48. The number of ether oxygens (including phenoxy) is 1. The van der Waals surface area contributed by atoms with Crippen molar-refractivity contribution in [3.63, 3.8) is 0 Å². The van der Waals surface area contributed by atoms with Gasteiger partial charge in [-0.3, -0.25) is 4.79 Å². The normalized spacial score (nSPS) is 11.7. The number of hydrogen-bond donors (Lipinski definition) is 1. The van der Waals surface area contributed by atoms with Crippen LogP contribution in [-0.4, -0.2) is 39.3 Å². The van der Waals surface area contributed by atoms with Crippen LogP contribution in [0.2, 0.25) is 0 Å². The number of nitrogens with one attached hydrogen (secondary N) is 1. The van der Waals surface area contributed by atoms with E-state index < -0.39 is 5.97 Å². The van der Waals surface area contributed by atoms with Crippen LogP contribution in [-0.2, 0) is 9.53 Å². The minimum atomic E-state index is -0.741. The number of carbonyl (C=O) groups excluding carboxylic acids is 2. The van der Waals surface area contributed by atoms with Gasteiger partial charge in [0.15, 0.2) is 12.4 Å². The Labute approximate surface area is 169 Å². The van der Waals surface area contributed by atoms with Crippen molar-refractivity contribution in [2.45, 2.75) is 32.7 Å². The lowest BCUT2D eigenvalue weighted by Gasteiger charge is -2.12. The van der Waals surface area contributed by atoms with E-state index in [1.807, 2.05) is 74.5 Å². The van der Waals surface area contributed by atoms with Crippen LogP contribution in [0.15, 0.2) is 60.7 Å². The van der Waals surface area contributed by atoms with Gasteiger partial charge in [-0.15, -0.1) is 5.10 Å². The average Bonchev–Trinajstić information content (AvgIpc) is 3.19. The summed E-state index contributed by atoms with van der Waals surface area (Å²) in [5, 5.41) is 7.12. The smallest absolute Gasteiger partial charge is 0.378 e. The fourth-order valence-corrected chi connectivity index (χ4v) is 2.94. The molecule has 1 heterocycles. The van der Waals surface area contributed by atoms with Gasteiger partial charge in [0.25, 0.3) is 11.7 Å². The summed E-state index contributed by atoms with van der Waals surface area (Å²) in [5.41, 5.74) is 1.58. The van der Waals surface area contributed by atoms with Crippen LogP contribution in [0.4, 0.5) is 0 Å². The van der Waals surface area contributed by atoms with Gasteiger partial charge in [0.05, 0.1) is 5.69 Å². The second kappa shape index (κ2) is 9.64. The Morgan fingerprint density at radius 3 is 2.38 bits per heavy atom. The van der Waals surface area contributed by atoms with Crippen LogP contribution in [0, 0.1) is 0 Å². The maximum Gasteiger partial charge on any atom is 0.378 e. The molecule has 0 saturated carbocycles. The molecular weight excluding hydrogens is 368 g/mol. The van der Waals surface area contributed by atoms with Crippen LogP contribution < -0.4 is 5.32 Å². The number of rotatable bonds is 8. The Balaban J connectivity index is 1.78. The predicted molar refractivity (Wildman–Crippen MR) is 110 cm³/mol. The van der Waals surface area contributed by atoms with Crippen molar-refractivity contribution in [1.29, 1.82) is 0 Å². The lowest BCUT2D eigenvalue weighted by molar-refractivity contribution is -0.124. The van der Waals surface area contributed by atoms with E-state index in [0.29, 0.717) is 5.82 Å². The Morgan fingerprint density at radius 1 is 1.07 bits per heavy atom. The minimum absolute atomic E-state index is 0.0336. The first kappa shape index (κ1) is 20.3. The van der Waals surface area contributed by atoms with E-state index in [1.54, 1.807) is 4.68 Å². The van der Waals surface area contributed by atoms with Gasteiger partial charge in [0.1, 0.15) is 0 Å². The van der Waals surface area contributed by atoms with Gasteiger partial charge < -0.3 is 10.1 Å². The molecule has 1 amide bonds. The number of amides is 1. The molecule has 150 valence electrons. The summed E-state index contributed by atoms with van der Waals surface area (Å²) in [6, 6.07) is 18.9. The molecule has 0 fully saturated rings. The fraction of sp³-hybridized carbons (Fsp3) is 0.273. The van der Waals surface area contributed by atoms with Gasteiger partial charge >= 0.3 is 5.97 Å². The highest BCUT2D eigenvalue weighted by atomic mass is 16.5. The highest BCUT2D eigenvalue weighted by Gasteiger charge is 2.21. The molecule has 3 rings (SSSR count). The lowest BCUT2D eigenvalue weighted by Crippen LogP contribution is -2.35. The van der Waals surface area contributed by atoms with E-state index in [1.165, 1.54) is 0 Å². The van der Waals surface area contributed by atoms with Crippen molar-refractivity contribution in [2.24, 2.45) is 0 Å². The molecule has 0 spiro atoms. The molecule has 0 unspecified atom stereocenters. The molecule has 0 aliphatic rings. The molecule has 7 nitrogen and oxygen atoms in total. The molecule has 0 aliphatic carbocycles. The van der Waals surface area contributed by atoms with Crippen LogP contribution in [0.5, 0.6) is 0 Å². The quantitative estimate of drug-likeness (QED) is 0.594. The van der Waals surface area contributed by atoms with E-state index in [9.17, 15) is 9.59 Å². The van der Waals surface area contributed by atoms with Gasteiger partial charge in [-0.25, -0.2) is 14.5 Å². The van der Waals surface area contributed by atoms with E-state index >= 15 is 0 Å². The molecule has 1 N–H and O–H groups in total. The maximum atomic E-state index is 12.4. The number of hydrogen-bond acceptors (Lipinski definition) is 5. The number of nitrogens with zero attached hydrogens (tertiary/aromatic N) is 3. The average molecular weight is 392 g/mol. The zero-order valence-electron chi connectivity index (χ0n) is 16.5. The number of esters is 1. The number of aromatic nitrogens is 3. The van der Waals surface area contributed by atoms with Gasteiger partial charge in [-0.2, -0.15) is 0 Å². The van der Waals surface area contributed by atoms with Gasteiger partial charge in [0, 0.05) is 11.6 Å². The number of benzene rings is 2. The summed E-state index contributed by atoms with van der Waals surface area (Å²) in [6.45, 7) is 3.59. The van der Waals surface area contributed by atoms with Crippen molar-refractivity contribution >= 4 is 11.9 Å². The maximum absolute atomic E-state index is 12.4. The number of carbonyl (C=O) groups is 2. The first-order valence-electron chi connectivity index (χ1n) is 9.63. The van der Waals surface area contributed by atoms with Crippen LogP contribution >= 0.6 is 0 Å². The second-order valence-electron chi connectivity index (χ2n) is 6.71. The standard InChI is InChI=1S/C22H24N4O3/c1-3-10-16(2)23-19(27)15-29-22(28)20-24-21(17-11-6-4-7-12-17)26(25-20)18-13-8-5-9-14-18/h4-9,11-14,16H,3,10,15H2,1-2H3,(H,23,27)/t16-/m1/s1. The topological polar surface area (TPSA) is 86.1 Å². The van der Waals surface area contributed by atoms with Crippen molar-refractivity contribution in [3.05, 3.63) is 66.5 Å². The zero-order chi connectivity index (χ0) is 20.6. The largest absolute Gasteiger partial charge is 0.450 e. The second-order valence-corrected chi connectivity index (χ2v) is 6.71. The van der Waals surface area contributed by atoms with Crippen LogP contribution in [0.1, 0.15) is 37.3 Å². The third-order valence-corrected chi connectivity index (χ3v) is 4.29. The molecule has 1 aromatic heterocycles. The van der Waals surface area contributed by atoms with Crippen LogP contribution in [0.3, 0.4) is 0 Å². The monoisotopic (exact) mass is 392 g/mol. The summed E-state index contributed by atoms with van der Waals surface area (Å²) in [5.74, 6) is -0.660. The highest BCUT2D eigenvalue weighted by molar-refractivity contribution is 5.88. The molecule has 0 bridgehead atoms. The van der Waals surface area contributed by atoms with E-state index in [2.05, 4.69) is 15.4 Å². The number of para-hydroxylation sites is 1. The minimum Gasteiger partial charge on any atom is -0.450 e. The molecule has 3 aromatic rings. The van der Waals surface area contributed by atoms with Crippen molar-refractivity contribution < 1.29 is 14.3 Å². The Morgan fingerprint density at radius 2 is 1.72 bits per heavy atom. The van der Waals surface area contributed by atoms with Crippen LogP contribution in [0.25, 0.3) is 17.1 Å². The molecule has 29 heavy (non-hydrogen) atoms. The molecule has 7 heteroatoms. The summed E-state index contributed by atoms with van der Waals surface area (Å²) >= 11 is 0. The summed E-state index contributed by atoms with van der Waals surface area (Å²) in [4.78, 5) is 28.8. The van der Waals surface area contributed by atoms with E-state index in [-0.39, 0.29) is 24.4 Å². The third kappa shape index (κ3) is 5.28. The SMILES string of the molecule is CCC[C@@H](C)NC(=O)COC(=O)c1nc(-c2ccccc2)n(-c2ccccc2)n1. The highest BCUT2D eigenvalue weighted by Crippen LogP contribution is 2.21. The van der Waals surface area contributed by atoms with Gasteiger partial charge in [0.2, 0.25) is 0 Å². The molecule has 0 saturated heterocycles. The van der Waals surface area contributed by atoms with Gasteiger partial charge in [-0.1, -0.05) is 61.9 Å². The van der Waals surface area contributed by atoms with E-state index in [0.717, 1.165) is 24.1 Å².